The molecule has 1 aliphatic heterocycles. The summed E-state index contributed by atoms with van der Waals surface area (Å²) in [5, 5.41) is 1.27. The number of carbonyl (C=O) groups excluding carboxylic acids is 2. The SMILES string of the molecule is CCCOc1ccc(C=C2C(=O)NN(c3ccc(Br)cc3)C2=O)c(C)c1C. The smallest absolute Gasteiger partial charge is 0.282 e. The number of rotatable bonds is 5. The summed E-state index contributed by atoms with van der Waals surface area (Å²) in [5.41, 5.74) is 6.16. The maximum absolute atomic E-state index is 12.7. The maximum Gasteiger partial charge on any atom is 0.282 e. The molecule has 0 radical (unpaired) electrons. The van der Waals surface area contributed by atoms with Crippen molar-refractivity contribution in [2.45, 2.75) is 27.2 Å². The van der Waals surface area contributed by atoms with Gasteiger partial charge in [0.15, 0.2) is 0 Å². The Balaban J connectivity index is 1.90. The highest BCUT2D eigenvalue weighted by atomic mass is 79.9. The Kier molecular flexibility index (Phi) is 5.65. The van der Waals surface area contributed by atoms with Gasteiger partial charge in [0.25, 0.3) is 11.8 Å². The summed E-state index contributed by atoms with van der Waals surface area (Å²) in [6, 6.07) is 10.9. The zero-order valence-electron chi connectivity index (χ0n) is 15.5. The van der Waals surface area contributed by atoms with Crippen molar-refractivity contribution < 1.29 is 14.3 Å². The molecule has 0 bridgehead atoms. The Hall–Kier alpha value is -2.60. The minimum absolute atomic E-state index is 0.114. The predicted molar refractivity (Wildman–Crippen MR) is 109 cm³/mol. The molecule has 6 heteroatoms. The topological polar surface area (TPSA) is 58.6 Å². The molecule has 1 aliphatic rings. The number of hydrazine groups is 1. The third kappa shape index (κ3) is 3.90. The molecule has 0 atom stereocenters. The van der Waals surface area contributed by atoms with Gasteiger partial charge in [0.05, 0.1) is 12.3 Å². The van der Waals surface area contributed by atoms with Gasteiger partial charge in [-0.15, -0.1) is 0 Å². The summed E-state index contributed by atoms with van der Waals surface area (Å²) in [6.07, 6.45) is 2.58. The van der Waals surface area contributed by atoms with Crippen LogP contribution >= 0.6 is 15.9 Å². The minimum atomic E-state index is -0.411. The molecule has 3 rings (SSSR count). The van der Waals surface area contributed by atoms with Crippen LogP contribution in [-0.2, 0) is 9.59 Å². The van der Waals surface area contributed by atoms with Gasteiger partial charge in [-0.1, -0.05) is 28.9 Å². The van der Waals surface area contributed by atoms with Crippen molar-refractivity contribution in [3.05, 3.63) is 63.1 Å². The van der Waals surface area contributed by atoms with Gasteiger partial charge in [-0.25, -0.2) is 5.01 Å². The van der Waals surface area contributed by atoms with Gasteiger partial charge in [0.2, 0.25) is 0 Å². The summed E-state index contributed by atoms with van der Waals surface area (Å²) < 4.78 is 6.64. The first-order valence-corrected chi connectivity index (χ1v) is 9.57. The van der Waals surface area contributed by atoms with Gasteiger partial charge in [0, 0.05) is 4.47 Å². The van der Waals surface area contributed by atoms with E-state index in [4.69, 9.17) is 4.74 Å². The number of carbonyl (C=O) groups is 2. The van der Waals surface area contributed by atoms with Crippen LogP contribution in [0, 0.1) is 13.8 Å². The lowest BCUT2D eigenvalue weighted by molar-refractivity contribution is -0.117. The number of halogens is 1. The first kappa shape index (κ1) is 19.2. The van der Waals surface area contributed by atoms with Crippen molar-refractivity contribution in [2.75, 3.05) is 11.6 Å². The zero-order chi connectivity index (χ0) is 19.6. The Morgan fingerprint density at radius 2 is 1.78 bits per heavy atom. The van der Waals surface area contributed by atoms with Crippen LogP contribution in [0.1, 0.15) is 30.0 Å². The van der Waals surface area contributed by atoms with E-state index in [-0.39, 0.29) is 11.5 Å². The minimum Gasteiger partial charge on any atom is -0.493 e. The molecule has 2 aromatic rings. The first-order valence-electron chi connectivity index (χ1n) is 8.78. The third-order valence-electron chi connectivity index (χ3n) is 4.52. The lowest BCUT2D eigenvalue weighted by atomic mass is 10.00. The molecule has 1 saturated heterocycles. The van der Waals surface area contributed by atoms with Gasteiger partial charge in [-0.2, -0.15) is 0 Å². The van der Waals surface area contributed by atoms with Gasteiger partial charge < -0.3 is 4.74 Å². The van der Waals surface area contributed by atoms with Crippen LogP contribution in [-0.4, -0.2) is 18.4 Å². The monoisotopic (exact) mass is 428 g/mol. The molecule has 0 spiro atoms. The second kappa shape index (κ2) is 7.96. The van der Waals surface area contributed by atoms with Crippen LogP contribution in [0.5, 0.6) is 5.75 Å². The quantitative estimate of drug-likeness (QED) is 0.569. The zero-order valence-corrected chi connectivity index (χ0v) is 17.1. The summed E-state index contributed by atoms with van der Waals surface area (Å²) in [4.78, 5) is 25.1. The van der Waals surface area contributed by atoms with Crippen LogP contribution in [0.25, 0.3) is 6.08 Å². The molecule has 140 valence electrons. The average Bonchev–Trinajstić information content (AvgIpc) is 2.93. The van der Waals surface area contributed by atoms with E-state index in [2.05, 4.69) is 28.3 Å². The van der Waals surface area contributed by atoms with Gasteiger partial charge in [0.1, 0.15) is 11.3 Å². The van der Waals surface area contributed by atoms with Crippen molar-refractivity contribution in [2.24, 2.45) is 0 Å². The molecule has 1 N–H and O–H groups in total. The molecule has 2 amide bonds. The normalized spacial score (nSPS) is 15.4. The van der Waals surface area contributed by atoms with Crippen LogP contribution in [0.2, 0.25) is 0 Å². The fourth-order valence-electron chi connectivity index (χ4n) is 2.83. The molecule has 2 aromatic carbocycles. The number of hydrogen-bond donors (Lipinski definition) is 1. The van der Waals surface area contributed by atoms with E-state index in [1.54, 1.807) is 18.2 Å². The van der Waals surface area contributed by atoms with Crippen molar-refractivity contribution >= 4 is 39.5 Å². The van der Waals surface area contributed by atoms with Crippen LogP contribution in [0.4, 0.5) is 5.69 Å². The Labute approximate surface area is 167 Å². The number of anilines is 1. The predicted octanol–water partition coefficient (Wildman–Crippen LogP) is 4.32. The Morgan fingerprint density at radius 3 is 2.44 bits per heavy atom. The fraction of sp³-hybridized carbons (Fsp3) is 0.238. The van der Waals surface area contributed by atoms with Crippen molar-refractivity contribution in [3.63, 3.8) is 0 Å². The molecule has 0 saturated carbocycles. The van der Waals surface area contributed by atoms with E-state index in [1.807, 2.05) is 38.1 Å². The molecule has 0 aliphatic carbocycles. The van der Waals surface area contributed by atoms with Gasteiger partial charge in [-0.05, 0) is 73.4 Å². The largest absolute Gasteiger partial charge is 0.493 e. The molecular formula is C21H21BrN2O3. The highest BCUT2D eigenvalue weighted by Gasteiger charge is 2.34. The number of amides is 2. The first-order chi connectivity index (χ1) is 12.9. The number of nitrogens with one attached hydrogen (secondary N) is 1. The van der Waals surface area contributed by atoms with Gasteiger partial charge >= 0.3 is 0 Å². The molecular weight excluding hydrogens is 408 g/mol. The number of ether oxygens (including phenoxy) is 1. The molecule has 0 aromatic heterocycles. The van der Waals surface area contributed by atoms with Crippen LogP contribution in [0.3, 0.4) is 0 Å². The molecule has 0 unspecified atom stereocenters. The number of benzene rings is 2. The van der Waals surface area contributed by atoms with E-state index in [9.17, 15) is 9.59 Å². The van der Waals surface area contributed by atoms with Crippen molar-refractivity contribution in [1.29, 1.82) is 0 Å². The van der Waals surface area contributed by atoms with Crippen molar-refractivity contribution in [3.8, 4) is 5.75 Å². The molecule has 27 heavy (non-hydrogen) atoms. The van der Waals surface area contributed by atoms with E-state index in [0.717, 1.165) is 33.3 Å². The Morgan fingerprint density at radius 1 is 1.07 bits per heavy atom. The number of hydrogen-bond acceptors (Lipinski definition) is 3. The fourth-order valence-corrected chi connectivity index (χ4v) is 3.09. The van der Waals surface area contributed by atoms with E-state index < -0.39 is 5.91 Å². The highest BCUT2D eigenvalue weighted by Crippen LogP contribution is 2.28. The second-order valence-electron chi connectivity index (χ2n) is 6.37. The Bertz CT molecular complexity index is 920. The third-order valence-corrected chi connectivity index (χ3v) is 5.05. The van der Waals surface area contributed by atoms with E-state index >= 15 is 0 Å². The second-order valence-corrected chi connectivity index (χ2v) is 7.28. The number of nitrogens with zero attached hydrogens (tertiary/aromatic N) is 1. The van der Waals surface area contributed by atoms with Crippen LogP contribution in [0.15, 0.2) is 46.4 Å². The van der Waals surface area contributed by atoms with Gasteiger partial charge in [-0.3, -0.25) is 15.0 Å². The maximum atomic E-state index is 12.7. The summed E-state index contributed by atoms with van der Waals surface area (Å²) in [7, 11) is 0. The standard InChI is InChI=1S/C21H21BrN2O3/c1-4-11-27-19-10-5-15(13(2)14(19)3)12-18-20(25)23-24(21(18)26)17-8-6-16(22)7-9-17/h5-10,12H,4,11H2,1-3H3,(H,23,25). The highest BCUT2D eigenvalue weighted by molar-refractivity contribution is 9.10. The van der Waals surface area contributed by atoms with Crippen molar-refractivity contribution in [1.82, 2.24) is 5.43 Å². The summed E-state index contributed by atoms with van der Waals surface area (Å²) in [5.74, 6) is 0.0483. The average molecular weight is 429 g/mol. The molecule has 1 fully saturated rings. The van der Waals surface area contributed by atoms with Crippen LogP contribution < -0.4 is 15.2 Å². The van der Waals surface area contributed by atoms with E-state index in [1.165, 1.54) is 5.01 Å². The molecule has 5 nitrogen and oxygen atoms in total. The summed E-state index contributed by atoms with van der Waals surface area (Å²) >= 11 is 3.36. The summed E-state index contributed by atoms with van der Waals surface area (Å²) in [6.45, 7) is 6.66. The lowest BCUT2D eigenvalue weighted by Gasteiger charge is -2.14. The van der Waals surface area contributed by atoms with E-state index in [0.29, 0.717) is 12.3 Å². The lowest BCUT2D eigenvalue weighted by Crippen LogP contribution is -2.35. The molecule has 1 heterocycles.